The predicted octanol–water partition coefficient (Wildman–Crippen LogP) is 2.55. The fraction of sp³-hybridized carbons (Fsp3) is 0.600. The van der Waals surface area contributed by atoms with Gasteiger partial charge in [-0.05, 0) is 45.5 Å². The van der Waals surface area contributed by atoms with E-state index >= 15 is 0 Å². The van der Waals surface area contributed by atoms with Crippen molar-refractivity contribution in [1.29, 1.82) is 0 Å². The van der Waals surface area contributed by atoms with Crippen molar-refractivity contribution < 1.29 is 0 Å². The Morgan fingerprint density at radius 2 is 1.88 bits per heavy atom. The number of hydrogen-bond donors (Lipinski definition) is 1. The van der Waals surface area contributed by atoms with E-state index in [2.05, 4.69) is 61.6 Å². The predicted molar refractivity (Wildman–Crippen MR) is 75.4 cm³/mol. The van der Waals surface area contributed by atoms with Crippen molar-refractivity contribution >= 4 is 0 Å². The average Bonchev–Trinajstić information content (AvgIpc) is 2.30. The lowest BCUT2D eigenvalue weighted by Gasteiger charge is -2.21. The van der Waals surface area contributed by atoms with Crippen molar-refractivity contribution in [3.63, 3.8) is 0 Å². The van der Waals surface area contributed by atoms with Crippen LogP contribution in [0.25, 0.3) is 0 Å². The van der Waals surface area contributed by atoms with Crippen molar-refractivity contribution in [3.05, 3.63) is 35.9 Å². The molecular weight excluding hydrogens is 208 g/mol. The van der Waals surface area contributed by atoms with E-state index in [0.29, 0.717) is 6.04 Å². The molecule has 0 saturated carbocycles. The molecule has 0 bridgehead atoms. The third-order valence-corrected chi connectivity index (χ3v) is 2.94. The van der Waals surface area contributed by atoms with Gasteiger partial charge in [0.2, 0.25) is 0 Å². The number of likely N-dealkylation sites (N-methyl/N-ethyl adjacent to an activating group) is 2. The van der Waals surface area contributed by atoms with Gasteiger partial charge in [-0.15, -0.1) is 0 Å². The summed E-state index contributed by atoms with van der Waals surface area (Å²) in [6.45, 7) is 4.37. The van der Waals surface area contributed by atoms with Gasteiger partial charge in [0, 0.05) is 12.6 Å². The summed E-state index contributed by atoms with van der Waals surface area (Å²) in [7, 11) is 4.28. The topological polar surface area (TPSA) is 15.3 Å². The summed E-state index contributed by atoms with van der Waals surface area (Å²) in [5, 5.41) is 3.56. The van der Waals surface area contributed by atoms with Gasteiger partial charge in [-0.3, -0.25) is 0 Å². The van der Waals surface area contributed by atoms with E-state index < -0.39 is 0 Å². The number of hydrogen-bond acceptors (Lipinski definition) is 2. The van der Waals surface area contributed by atoms with Crippen molar-refractivity contribution in [2.75, 3.05) is 27.2 Å². The van der Waals surface area contributed by atoms with E-state index in [4.69, 9.17) is 0 Å². The number of rotatable bonds is 8. The zero-order valence-corrected chi connectivity index (χ0v) is 11.4. The van der Waals surface area contributed by atoms with Gasteiger partial charge >= 0.3 is 0 Å². The van der Waals surface area contributed by atoms with E-state index in [1.54, 1.807) is 0 Å². The van der Waals surface area contributed by atoms with Crippen molar-refractivity contribution in [3.8, 4) is 0 Å². The smallest absolute Gasteiger partial charge is 0.0194 e. The van der Waals surface area contributed by atoms with Gasteiger partial charge in [0.1, 0.15) is 0 Å². The molecule has 17 heavy (non-hydrogen) atoms. The van der Waals surface area contributed by atoms with E-state index in [9.17, 15) is 0 Å². The summed E-state index contributed by atoms with van der Waals surface area (Å²) >= 11 is 0. The zero-order chi connectivity index (χ0) is 12.5. The van der Waals surface area contributed by atoms with Crippen LogP contribution in [0.5, 0.6) is 0 Å². The molecule has 0 saturated heterocycles. The molecule has 1 unspecified atom stereocenters. The van der Waals surface area contributed by atoms with E-state index in [0.717, 1.165) is 13.1 Å². The highest BCUT2D eigenvalue weighted by Crippen LogP contribution is 2.07. The van der Waals surface area contributed by atoms with Gasteiger partial charge in [-0.25, -0.2) is 0 Å². The lowest BCUT2D eigenvalue weighted by molar-refractivity contribution is 0.326. The molecule has 1 rings (SSSR count). The first-order chi connectivity index (χ1) is 8.22. The first-order valence-corrected chi connectivity index (χ1v) is 6.64. The van der Waals surface area contributed by atoms with Gasteiger partial charge in [0.15, 0.2) is 0 Å². The van der Waals surface area contributed by atoms with Gasteiger partial charge in [-0.1, -0.05) is 37.3 Å². The normalized spacial score (nSPS) is 12.9. The van der Waals surface area contributed by atoms with Gasteiger partial charge in [-0.2, -0.15) is 0 Å². The standard InChI is InChI=1S/C15H26N2/c1-4-16-15(13-17(2)3)12-8-11-14-9-6-5-7-10-14/h5-7,9-10,15-16H,4,8,11-13H2,1-3H3. The first kappa shape index (κ1) is 14.2. The fourth-order valence-electron chi connectivity index (χ4n) is 2.18. The second-order valence-corrected chi connectivity index (χ2v) is 4.89. The van der Waals surface area contributed by atoms with Crippen LogP contribution in [0.4, 0.5) is 0 Å². The Morgan fingerprint density at radius 3 is 2.47 bits per heavy atom. The number of aryl methyl sites for hydroxylation is 1. The monoisotopic (exact) mass is 234 g/mol. The maximum atomic E-state index is 3.56. The van der Waals surface area contributed by atoms with Crippen LogP contribution in [0.3, 0.4) is 0 Å². The first-order valence-electron chi connectivity index (χ1n) is 6.64. The van der Waals surface area contributed by atoms with Crippen LogP contribution >= 0.6 is 0 Å². The molecule has 0 aliphatic heterocycles. The Balaban J connectivity index is 2.26. The molecule has 0 radical (unpaired) electrons. The second kappa shape index (κ2) is 8.26. The lowest BCUT2D eigenvalue weighted by atomic mass is 10.0. The minimum absolute atomic E-state index is 0.624. The van der Waals surface area contributed by atoms with Gasteiger partial charge in [0.05, 0.1) is 0 Å². The molecule has 1 N–H and O–H groups in total. The maximum absolute atomic E-state index is 3.56. The summed E-state index contributed by atoms with van der Waals surface area (Å²) in [6.07, 6.45) is 3.70. The maximum Gasteiger partial charge on any atom is 0.0194 e. The molecule has 1 aromatic rings. The van der Waals surface area contributed by atoms with Crippen LogP contribution in [0.1, 0.15) is 25.3 Å². The molecule has 2 nitrogen and oxygen atoms in total. The summed E-state index contributed by atoms with van der Waals surface area (Å²) in [6, 6.07) is 11.4. The molecule has 1 atom stereocenters. The Morgan fingerprint density at radius 1 is 1.18 bits per heavy atom. The molecule has 0 fully saturated rings. The zero-order valence-electron chi connectivity index (χ0n) is 11.4. The summed E-state index contributed by atoms with van der Waals surface area (Å²) < 4.78 is 0. The van der Waals surface area contributed by atoms with Crippen molar-refractivity contribution in [2.24, 2.45) is 0 Å². The largest absolute Gasteiger partial charge is 0.313 e. The van der Waals surface area contributed by atoms with Crippen LogP contribution in [0, 0.1) is 0 Å². The number of nitrogens with zero attached hydrogens (tertiary/aromatic N) is 1. The average molecular weight is 234 g/mol. The SMILES string of the molecule is CCNC(CCCc1ccccc1)CN(C)C. The summed E-state index contributed by atoms with van der Waals surface area (Å²) in [5.41, 5.74) is 1.45. The highest BCUT2D eigenvalue weighted by molar-refractivity contribution is 5.14. The van der Waals surface area contributed by atoms with Crippen LogP contribution in [0.15, 0.2) is 30.3 Å². The summed E-state index contributed by atoms with van der Waals surface area (Å²) in [5.74, 6) is 0. The Kier molecular flexibility index (Phi) is 6.90. The number of benzene rings is 1. The van der Waals surface area contributed by atoms with Crippen molar-refractivity contribution in [2.45, 2.75) is 32.2 Å². The molecular formula is C15H26N2. The molecule has 0 spiro atoms. The highest BCUT2D eigenvalue weighted by atomic mass is 15.1. The quantitative estimate of drug-likeness (QED) is 0.743. The van der Waals surface area contributed by atoms with Gasteiger partial charge < -0.3 is 10.2 Å². The summed E-state index contributed by atoms with van der Waals surface area (Å²) in [4.78, 5) is 2.26. The molecule has 0 aromatic heterocycles. The Bertz CT molecular complexity index is 282. The minimum atomic E-state index is 0.624. The lowest BCUT2D eigenvalue weighted by Crippen LogP contribution is -2.38. The van der Waals surface area contributed by atoms with Crippen molar-refractivity contribution in [1.82, 2.24) is 10.2 Å². The molecule has 0 heterocycles. The third-order valence-electron chi connectivity index (χ3n) is 2.94. The van der Waals surface area contributed by atoms with E-state index in [1.165, 1.54) is 24.8 Å². The molecule has 0 amide bonds. The fourth-order valence-corrected chi connectivity index (χ4v) is 2.18. The van der Waals surface area contributed by atoms with E-state index in [1.807, 2.05) is 0 Å². The van der Waals surface area contributed by atoms with Crippen LogP contribution < -0.4 is 5.32 Å². The van der Waals surface area contributed by atoms with Crippen LogP contribution in [-0.4, -0.2) is 38.1 Å². The third kappa shape index (κ3) is 6.44. The number of nitrogens with one attached hydrogen (secondary N) is 1. The Hall–Kier alpha value is -0.860. The van der Waals surface area contributed by atoms with E-state index in [-0.39, 0.29) is 0 Å². The molecule has 1 aromatic carbocycles. The van der Waals surface area contributed by atoms with Crippen LogP contribution in [-0.2, 0) is 6.42 Å². The minimum Gasteiger partial charge on any atom is -0.313 e. The molecule has 0 aliphatic rings. The molecule has 0 aliphatic carbocycles. The van der Waals surface area contributed by atoms with Crippen LogP contribution in [0.2, 0.25) is 0 Å². The van der Waals surface area contributed by atoms with Gasteiger partial charge in [0.25, 0.3) is 0 Å². The highest BCUT2D eigenvalue weighted by Gasteiger charge is 2.07. The Labute approximate surface area is 106 Å². The molecule has 2 heteroatoms. The molecule has 96 valence electrons. The second-order valence-electron chi connectivity index (χ2n) is 4.89.